The van der Waals surface area contributed by atoms with Gasteiger partial charge in [-0.3, -0.25) is 9.35 Å². The molecule has 0 spiro atoms. The van der Waals surface area contributed by atoms with Gasteiger partial charge >= 0.3 is 10.4 Å². The van der Waals surface area contributed by atoms with Gasteiger partial charge < -0.3 is 21.7 Å². The summed E-state index contributed by atoms with van der Waals surface area (Å²) < 4.78 is 36.9. The fourth-order valence-electron chi connectivity index (χ4n) is 10.5. The Morgan fingerprint density at radius 3 is 2.25 bits per heavy atom. The molecule has 0 bridgehead atoms. The molecule has 0 unspecified atom stereocenters. The molecule has 0 saturated heterocycles. The largest absolute Gasteiger partial charge is 0.397 e. The zero-order valence-corrected chi connectivity index (χ0v) is 28.8. The van der Waals surface area contributed by atoms with Crippen molar-refractivity contribution in [2.24, 2.45) is 52.1 Å². The van der Waals surface area contributed by atoms with E-state index in [2.05, 4.69) is 36.7 Å². The molecule has 9 atom stereocenters. The summed E-state index contributed by atoms with van der Waals surface area (Å²) in [5.74, 6) is 4.11. The molecule has 4 fully saturated rings. The van der Waals surface area contributed by atoms with Crippen LogP contribution in [0.4, 0.5) is 0 Å². The highest BCUT2D eigenvalue weighted by Gasteiger charge is 2.60. The average Bonchev–Trinajstić information content (AvgIpc) is 3.33. The highest BCUT2D eigenvalue weighted by Crippen LogP contribution is 2.68. The monoisotopic (exact) mass is 640 g/mol. The van der Waals surface area contributed by atoms with Crippen LogP contribution in [0.3, 0.4) is 0 Å². The molecule has 0 aromatic rings. The van der Waals surface area contributed by atoms with Crippen molar-refractivity contribution in [3.8, 4) is 0 Å². The molecule has 10 heteroatoms. The van der Waals surface area contributed by atoms with Crippen LogP contribution in [0.1, 0.15) is 117 Å². The van der Waals surface area contributed by atoms with Crippen LogP contribution in [0.15, 0.2) is 0 Å². The van der Waals surface area contributed by atoms with Gasteiger partial charge in [-0.25, -0.2) is 4.18 Å². The molecule has 256 valence electrons. The first kappa shape index (κ1) is 36.1. The Bertz CT molecular complexity index is 1010. The predicted octanol–water partition coefficient (Wildman–Crippen LogP) is 5.06. The molecular weight excluding hydrogens is 576 g/mol. The smallest absolute Gasteiger partial charge is 0.356 e. The third kappa shape index (κ3) is 9.18. The normalized spacial score (nSPS) is 35.8. The number of hydrogen-bond donors (Lipinski definition) is 5. The van der Waals surface area contributed by atoms with Crippen LogP contribution in [0.25, 0.3) is 0 Å². The number of fused-ring (bicyclic) bond motifs is 5. The Hall–Kier alpha value is -0.780. The van der Waals surface area contributed by atoms with Crippen molar-refractivity contribution in [3.63, 3.8) is 0 Å². The van der Waals surface area contributed by atoms with Crippen molar-refractivity contribution in [1.29, 1.82) is 0 Å². The minimum absolute atomic E-state index is 0.198. The van der Waals surface area contributed by atoms with Crippen molar-refractivity contribution >= 4 is 16.3 Å². The molecule has 6 N–H and O–H groups in total. The van der Waals surface area contributed by atoms with Gasteiger partial charge in [0.05, 0.1) is 6.10 Å². The van der Waals surface area contributed by atoms with E-state index in [9.17, 15) is 17.8 Å². The van der Waals surface area contributed by atoms with Gasteiger partial charge in [0.1, 0.15) is 0 Å². The number of unbranched alkanes of at least 4 members (excludes halogenated alkanes) is 1. The van der Waals surface area contributed by atoms with E-state index in [1.165, 1.54) is 38.5 Å². The van der Waals surface area contributed by atoms with Crippen molar-refractivity contribution in [2.75, 3.05) is 39.3 Å². The highest BCUT2D eigenvalue weighted by molar-refractivity contribution is 7.80. The van der Waals surface area contributed by atoms with Gasteiger partial charge in [-0.2, -0.15) is 8.42 Å². The molecule has 4 saturated carbocycles. The van der Waals surface area contributed by atoms with Gasteiger partial charge in [0.15, 0.2) is 0 Å². The lowest BCUT2D eigenvalue weighted by atomic mass is 9.44. The van der Waals surface area contributed by atoms with Crippen LogP contribution in [0.2, 0.25) is 0 Å². The van der Waals surface area contributed by atoms with E-state index in [-0.39, 0.29) is 17.4 Å². The molecule has 4 aliphatic carbocycles. The van der Waals surface area contributed by atoms with Gasteiger partial charge in [0, 0.05) is 13.0 Å². The number of rotatable bonds is 18. The SMILES string of the molecule is C[C@H](CCC(=O)NCCCNCCCCNCCCN)[C@H]1CC[C@H]2[C@@H]3CC[C@@H]4C[C@H](OS(=O)(=O)O)CC[C@]4(C)[C@H]3CC[C@]12C. The molecule has 1 amide bonds. The van der Waals surface area contributed by atoms with Crippen molar-refractivity contribution < 1.29 is 21.9 Å². The number of amides is 1. The molecule has 9 nitrogen and oxygen atoms in total. The molecule has 0 aromatic carbocycles. The van der Waals surface area contributed by atoms with E-state index < -0.39 is 10.4 Å². The number of nitrogens with one attached hydrogen (secondary N) is 3. The Morgan fingerprint density at radius 1 is 0.886 bits per heavy atom. The third-order valence-corrected chi connectivity index (χ3v) is 13.3. The zero-order chi connectivity index (χ0) is 31.8. The molecule has 44 heavy (non-hydrogen) atoms. The predicted molar refractivity (Wildman–Crippen MR) is 176 cm³/mol. The lowest BCUT2D eigenvalue weighted by molar-refractivity contribution is -0.127. The summed E-state index contributed by atoms with van der Waals surface area (Å²) in [6.07, 6.45) is 15.5. The Labute approximate surface area is 268 Å². The molecule has 0 radical (unpaired) electrons. The number of carbonyl (C=O) groups excluding carboxylic acids is 1. The summed E-state index contributed by atoms with van der Waals surface area (Å²) in [6.45, 7) is 13.0. The van der Waals surface area contributed by atoms with Crippen molar-refractivity contribution in [3.05, 3.63) is 0 Å². The summed E-state index contributed by atoms with van der Waals surface area (Å²) in [6, 6.07) is 0. The van der Waals surface area contributed by atoms with Gasteiger partial charge in [0.2, 0.25) is 5.91 Å². The summed E-state index contributed by atoms with van der Waals surface area (Å²) in [4.78, 5) is 12.7. The minimum atomic E-state index is -4.39. The molecule has 0 aliphatic heterocycles. The quantitative estimate of drug-likeness (QED) is 0.103. The first-order valence-corrected chi connectivity index (χ1v) is 19.4. The standard InChI is InChI=1S/C34H64N4O5S/c1-25(8-13-32(39)38-23-7-22-37-20-5-4-19-36-21-6-18-35)29-11-12-30-28-10-9-26-24-27(43-44(40,41)42)14-16-33(26,2)31(28)15-17-34(29,30)3/h25-31,36-37H,4-24,35H2,1-3H3,(H,38,39)(H,40,41,42)/t25-,26-,27-,28+,29-,30+,31+,33+,34-/m1/s1. The van der Waals surface area contributed by atoms with Crippen LogP contribution < -0.4 is 21.7 Å². The van der Waals surface area contributed by atoms with Gasteiger partial charge in [-0.15, -0.1) is 0 Å². The summed E-state index contributed by atoms with van der Waals surface area (Å²) in [5.41, 5.74) is 6.10. The second-order valence-corrected chi connectivity index (χ2v) is 16.4. The van der Waals surface area contributed by atoms with Gasteiger partial charge in [-0.05, 0) is 169 Å². The number of hydrogen-bond acceptors (Lipinski definition) is 7. The van der Waals surface area contributed by atoms with Crippen LogP contribution in [0, 0.1) is 46.3 Å². The second-order valence-electron chi connectivity index (χ2n) is 15.4. The zero-order valence-electron chi connectivity index (χ0n) is 28.0. The topological polar surface area (TPSA) is 143 Å². The maximum Gasteiger partial charge on any atom is 0.397 e. The fraction of sp³-hybridized carbons (Fsp3) is 0.971. The Kier molecular flexibility index (Phi) is 13.4. The van der Waals surface area contributed by atoms with Gasteiger partial charge in [0.25, 0.3) is 0 Å². The van der Waals surface area contributed by atoms with Crippen LogP contribution in [0.5, 0.6) is 0 Å². The second kappa shape index (κ2) is 16.4. The van der Waals surface area contributed by atoms with Crippen LogP contribution in [-0.2, 0) is 19.4 Å². The third-order valence-electron chi connectivity index (χ3n) is 12.8. The first-order chi connectivity index (χ1) is 21.0. The summed E-state index contributed by atoms with van der Waals surface area (Å²) in [7, 11) is -4.39. The van der Waals surface area contributed by atoms with E-state index in [1.54, 1.807) is 0 Å². The summed E-state index contributed by atoms with van der Waals surface area (Å²) >= 11 is 0. The maximum atomic E-state index is 12.7. The van der Waals surface area contributed by atoms with Crippen LogP contribution in [-0.4, -0.2) is 64.3 Å². The number of carbonyl (C=O) groups is 1. The van der Waals surface area contributed by atoms with E-state index >= 15 is 0 Å². The average molecular weight is 641 g/mol. The lowest BCUT2D eigenvalue weighted by Crippen LogP contribution is -2.54. The van der Waals surface area contributed by atoms with E-state index in [1.807, 2.05) is 0 Å². The first-order valence-electron chi connectivity index (χ1n) is 18.0. The molecule has 0 heterocycles. The Balaban J connectivity index is 1.15. The van der Waals surface area contributed by atoms with E-state index in [0.29, 0.717) is 41.9 Å². The van der Waals surface area contributed by atoms with E-state index in [0.717, 1.165) is 96.1 Å². The van der Waals surface area contributed by atoms with Gasteiger partial charge in [-0.1, -0.05) is 20.8 Å². The van der Waals surface area contributed by atoms with Crippen LogP contribution >= 0.6 is 0 Å². The number of nitrogens with two attached hydrogens (primary N) is 1. The molecule has 4 rings (SSSR count). The Morgan fingerprint density at radius 2 is 1.55 bits per heavy atom. The van der Waals surface area contributed by atoms with E-state index in [4.69, 9.17) is 9.92 Å². The lowest BCUT2D eigenvalue weighted by Gasteiger charge is -2.61. The van der Waals surface area contributed by atoms with Crippen molar-refractivity contribution in [1.82, 2.24) is 16.0 Å². The summed E-state index contributed by atoms with van der Waals surface area (Å²) in [5, 5.41) is 10.1. The molecule has 4 aliphatic rings. The minimum Gasteiger partial charge on any atom is -0.356 e. The van der Waals surface area contributed by atoms with Crippen molar-refractivity contribution in [2.45, 2.75) is 123 Å². The molecular formula is C34H64N4O5S. The maximum absolute atomic E-state index is 12.7. The fourth-order valence-corrected chi connectivity index (χ4v) is 11.0. The molecule has 0 aromatic heterocycles. The highest BCUT2D eigenvalue weighted by atomic mass is 32.3.